The molecule has 21 heavy (non-hydrogen) atoms. The summed E-state index contributed by atoms with van der Waals surface area (Å²) in [6.07, 6.45) is 0. The molecule has 0 bridgehead atoms. The van der Waals surface area contributed by atoms with Crippen LogP contribution in [0.5, 0.6) is 0 Å². The maximum atomic E-state index is 12.7. The monoisotopic (exact) mass is 329 g/mol. The van der Waals surface area contributed by atoms with E-state index in [0.717, 1.165) is 0 Å². The highest BCUT2D eigenvalue weighted by Crippen LogP contribution is 2.26. The molecule has 2 rings (SSSR count). The van der Waals surface area contributed by atoms with Gasteiger partial charge in [-0.05, 0) is 19.1 Å². The Morgan fingerprint density at radius 2 is 2.05 bits per heavy atom. The van der Waals surface area contributed by atoms with Crippen LogP contribution < -0.4 is 10.6 Å². The molecule has 1 unspecified atom stereocenters. The average molecular weight is 330 g/mol. The normalized spacial score (nSPS) is 18.4. The largest absolute Gasteiger partial charge is 0.355 e. The first-order chi connectivity index (χ1) is 10.1. The van der Waals surface area contributed by atoms with E-state index < -0.39 is 6.04 Å². The minimum atomic E-state index is -0.557. The molecule has 1 aliphatic heterocycles. The molecular weight excluding hydrogens is 313 g/mol. The highest BCUT2D eigenvalue weighted by Gasteiger charge is 2.33. The van der Waals surface area contributed by atoms with Crippen LogP contribution in [0.3, 0.4) is 0 Å². The van der Waals surface area contributed by atoms with Gasteiger partial charge in [-0.3, -0.25) is 9.59 Å². The molecule has 0 radical (unpaired) electrons. The van der Waals surface area contributed by atoms with Crippen molar-refractivity contribution in [2.75, 3.05) is 26.2 Å². The van der Waals surface area contributed by atoms with Gasteiger partial charge in [-0.1, -0.05) is 29.3 Å². The number of halogens is 2. The molecule has 5 nitrogen and oxygen atoms in total. The van der Waals surface area contributed by atoms with Crippen LogP contribution in [0.15, 0.2) is 18.2 Å². The Bertz CT molecular complexity index is 531. The predicted molar refractivity (Wildman–Crippen MR) is 82.8 cm³/mol. The zero-order valence-electron chi connectivity index (χ0n) is 11.7. The Morgan fingerprint density at radius 3 is 2.67 bits per heavy atom. The third kappa shape index (κ3) is 3.48. The molecule has 1 atom stereocenters. The quantitative estimate of drug-likeness (QED) is 0.884. The van der Waals surface area contributed by atoms with Crippen LogP contribution in [0, 0.1) is 0 Å². The lowest BCUT2D eigenvalue weighted by atomic mass is 10.1. The summed E-state index contributed by atoms with van der Waals surface area (Å²) < 4.78 is 0. The minimum absolute atomic E-state index is 0.179. The molecule has 1 aromatic carbocycles. The summed E-state index contributed by atoms with van der Waals surface area (Å²) in [5.41, 5.74) is 0.247. The summed E-state index contributed by atoms with van der Waals surface area (Å²) in [5.74, 6) is -0.496. The van der Waals surface area contributed by atoms with Gasteiger partial charge in [-0.15, -0.1) is 0 Å². The van der Waals surface area contributed by atoms with E-state index >= 15 is 0 Å². The number of amides is 2. The van der Waals surface area contributed by atoms with E-state index in [2.05, 4.69) is 10.6 Å². The number of nitrogens with one attached hydrogen (secondary N) is 2. The van der Waals surface area contributed by atoms with Crippen LogP contribution in [-0.4, -0.2) is 48.9 Å². The fourth-order valence-electron chi connectivity index (χ4n) is 2.32. The molecule has 1 saturated heterocycles. The highest BCUT2D eigenvalue weighted by molar-refractivity contribution is 6.39. The molecule has 1 heterocycles. The van der Waals surface area contributed by atoms with Crippen molar-refractivity contribution in [1.82, 2.24) is 15.5 Å². The van der Waals surface area contributed by atoms with Gasteiger partial charge >= 0.3 is 0 Å². The molecule has 2 N–H and O–H groups in total. The molecule has 0 spiro atoms. The lowest BCUT2D eigenvalue weighted by molar-refractivity contribution is -0.126. The first-order valence-corrected chi connectivity index (χ1v) is 7.55. The smallest absolute Gasteiger partial charge is 0.257 e. The third-order valence-corrected chi connectivity index (χ3v) is 3.96. The number of hydrogen-bond acceptors (Lipinski definition) is 3. The van der Waals surface area contributed by atoms with Crippen molar-refractivity contribution in [2.45, 2.75) is 13.0 Å². The lowest BCUT2D eigenvalue weighted by Crippen LogP contribution is -2.59. The van der Waals surface area contributed by atoms with Crippen molar-refractivity contribution >= 4 is 35.0 Å². The van der Waals surface area contributed by atoms with E-state index in [1.807, 2.05) is 6.92 Å². The molecule has 7 heteroatoms. The number of likely N-dealkylation sites (N-methyl/N-ethyl adjacent to an activating group) is 1. The van der Waals surface area contributed by atoms with E-state index in [0.29, 0.717) is 36.2 Å². The number of rotatable bonds is 3. The van der Waals surface area contributed by atoms with E-state index in [1.165, 1.54) is 4.90 Å². The molecule has 1 aromatic rings. The highest BCUT2D eigenvalue weighted by atomic mass is 35.5. The van der Waals surface area contributed by atoms with E-state index in [1.54, 1.807) is 18.2 Å². The molecular formula is C14H17Cl2N3O2. The Labute approximate surface area is 133 Å². The molecule has 0 saturated carbocycles. The predicted octanol–water partition coefficient (Wildman–Crippen LogP) is 1.54. The van der Waals surface area contributed by atoms with Gasteiger partial charge in [0.05, 0.1) is 15.6 Å². The van der Waals surface area contributed by atoms with Gasteiger partial charge in [-0.2, -0.15) is 0 Å². The average Bonchev–Trinajstić information content (AvgIpc) is 2.47. The summed E-state index contributed by atoms with van der Waals surface area (Å²) >= 11 is 12.2. The number of benzene rings is 1. The van der Waals surface area contributed by atoms with Crippen molar-refractivity contribution in [3.63, 3.8) is 0 Å². The van der Waals surface area contributed by atoms with Crippen LogP contribution in [0.4, 0.5) is 0 Å². The second kappa shape index (κ2) is 7.11. The SMILES string of the molecule is CCNC(=O)C1CNCCN1C(=O)c1c(Cl)cccc1Cl. The molecule has 0 aromatic heterocycles. The van der Waals surface area contributed by atoms with Crippen LogP contribution in [-0.2, 0) is 4.79 Å². The van der Waals surface area contributed by atoms with Gasteiger partial charge in [0.2, 0.25) is 5.91 Å². The number of carbonyl (C=O) groups is 2. The second-order valence-electron chi connectivity index (χ2n) is 4.71. The molecule has 114 valence electrons. The Kier molecular flexibility index (Phi) is 5.45. The summed E-state index contributed by atoms with van der Waals surface area (Å²) in [4.78, 5) is 26.3. The van der Waals surface area contributed by atoms with Crippen molar-refractivity contribution < 1.29 is 9.59 Å². The maximum absolute atomic E-state index is 12.7. The number of nitrogens with zero attached hydrogens (tertiary/aromatic N) is 1. The van der Waals surface area contributed by atoms with Crippen LogP contribution in [0.1, 0.15) is 17.3 Å². The van der Waals surface area contributed by atoms with Crippen molar-refractivity contribution in [3.8, 4) is 0 Å². The van der Waals surface area contributed by atoms with Gasteiger partial charge in [0.1, 0.15) is 6.04 Å². The molecule has 1 fully saturated rings. The van der Waals surface area contributed by atoms with Gasteiger partial charge in [0.15, 0.2) is 0 Å². The number of hydrogen-bond donors (Lipinski definition) is 2. The van der Waals surface area contributed by atoms with Crippen molar-refractivity contribution in [2.24, 2.45) is 0 Å². The zero-order valence-corrected chi connectivity index (χ0v) is 13.2. The number of piperazine rings is 1. The van der Waals surface area contributed by atoms with Crippen LogP contribution in [0.2, 0.25) is 10.0 Å². The van der Waals surface area contributed by atoms with Crippen LogP contribution >= 0.6 is 23.2 Å². The second-order valence-corrected chi connectivity index (χ2v) is 5.52. The summed E-state index contributed by atoms with van der Waals surface area (Å²) in [5, 5.41) is 6.45. The Hall–Kier alpha value is -1.30. The number of carbonyl (C=O) groups excluding carboxylic acids is 2. The topological polar surface area (TPSA) is 61.4 Å². The summed E-state index contributed by atoms with van der Waals surface area (Å²) in [7, 11) is 0. The van der Waals surface area contributed by atoms with Gasteiger partial charge < -0.3 is 15.5 Å². The zero-order chi connectivity index (χ0) is 15.4. The van der Waals surface area contributed by atoms with E-state index in [-0.39, 0.29) is 17.4 Å². The van der Waals surface area contributed by atoms with E-state index in [9.17, 15) is 9.59 Å². The van der Waals surface area contributed by atoms with Crippen molar-refractivity contribution in [1.29, 1.82) is 0 Å². The summed E-state index contributed by atoms with van der Waals surface area (Å²) in [6.45, 7) is 3.83. The lowest BCUT2D eigenvalue weighted by Gasteiger charge is -2.35. The molecule has 1 aliphatic rings. The van der Waals surface area contributed by atoms with E-state index in [4.69, 9.17) is 23.2 Å². The fraction of sp³-hybridized carbons (Fsp3) is 0.429. The third-order valence-electron chi connectivity index (χ3n) is 3.33. The van der Waals surface area contributed by atoms with Gasteiger partial charge in [0, 0.05) is 26.2 Å². The minimum Gasteiger partial charge on any atom is -0.355 e. The maximum Gasteiger partial charge on any atom is 0.257 e. The standard InChI is InChI=1S/C14H17Cl2N3O2/c1-2-18-13(20)11-8-17-6-7-19(11)14(21)12-9(15)4-3-5-10(12)16/h3-5,11,17H,2,6-8H2,1H3,(H,18,20). The Balaban J connectivity index is 2.29. The van der Waals surface area contributed by atoms with Crippen molar-refractivity contribution in [3.05, 3.63) is 33.8 Å². The molecule has 0 aliphatic carbocycles. The van der Waals surface area contributed by atoms with Crippen LogP contribution in [0.25, 0.3) is 0 Å². The molecule has 2 amide bonds. The fourth-order valence-corrected chi connectivity index (χ4v) is 2.88. The Morgan fingerprint density at radius 1 is 1.38 bits per heavy atom. The summed E-state index contributed by atoms with van der Waals surface area (Å²) in [6, 6.07) is 4.35. The first kappa shape index (κ1) is 16.1. The first-order valence-electron chi connectivity index (χ1n) is 6.79. The van der Waals surface area contributed by atoms with Gasteiger partial charge in [-0.25, -0.2) is 0 Å². The van der Waals surface area contributed by atoms with Gasteiger partial charge in [0.25, 0.3) is 5.91 Å².